The van der Waals surface area contributed by atoms with Gasteiger partial charge in [0.2, 0.25) is 0 Å². The second-order valence-corrected chi connectivity index (χ2v) is 6.87. The van der Waals surface area contributed by atoms with Gasteiger partial charge < -0.3 is 4.55 Å². The molecule has 0 fully saturated rings. The van der Waals surface area contributed by atoms with Gasteiger partial charge in [0.1, 0.15) is 4.75 Å². The van der Waals surface area contributed by atoms with Crippen LogP contribution in [-0.4, -0.2) is 21.5 Å². The highest BCUT2D eigenvalue weighted by atomic mass is 32.2. The molecule has 1 unspecified atom stereocenters. The average molecular weight is 271 g/mol. The van der Waals surface area contributed by atoms with Crippen LogP contribution < -0.4 is 4.72 Å². The molecule has 0 bridgehead atoms. The van der Waals surface area contributed by atoms with Gasteiger partial charge in [-0.2, -0.15) is 13.2 Å². The van der Waals surface area contributed by atoms with Crippen LogP contribution in [0.3, 0.4) is 0 Å². The van der Waals surface area contributed by atoms with Gasteiger partial charge in [-0.05, 0) is 33.6 Å². The van der Waals surface area contributed by atoms with Gasteiger partial charge in [0.15, 0.2) is 0 Å². The second-order valence-electron chi connectivity index (χ2n) is 4.87. The van der Waals surface area contributed by atoms with Crippen molar-refractivity contribution in [2.24, 2.45) is 0 Å². The molecule has 0 amide bonds. The molecule has 0 aromatic rings. The molecule has 0 aliphatic carbocycles. The Balaban J connectivity index is 4.29. The normalized spacial score (nSPS) is 16.6. The van der Waals surface area contributed by atoms with E-state index in [0.717, 1.165) is 0 Å². The summed E-state index contributed by atoms with van der Waals surface area (Å²) >= 11 is -1.36. The van der Waals surface area contributed by atoms with Crippen molar-refractivity contribution in [3.8, 4) is 0 Å². The van der Waals surface area contributed by atoms with E-state index in [1.165, 1.54) is 6.08 Å². The molecule has 0 aliphatic rings. The lowest BCUT2D eigenvalue weighted by molar-refractivity contribution is -0.136. The van der Waals surface area contributed by atoms with Crippen LogP contribution in [0.1, 0.15) is 40.0 Å². The summed E-state index contributed by atoms with van der Waals surface area (Å²) < 4.78 is 50.3. The predicted octanol–water partition coefficient (Wildman–Crippen LogP) is 3.33. The van der Waals surface area contributed by atoms with Crippen molar-refractivity contribution >= 4 is 11.4 Å². The second kappa shape index (κ2) is 6.66. The van der Waals surface area contributed by atoms with Gasteiger partial charge in [-0.25, -0.2) is 0 Å². The zero-order valence-corrected chi connectivity index (χ0v) is 11.3. The van der Waals surface area contributed by atoms with Gasteiger partial charge in [-0.1, -0.05) is 6.08 Å². The SMILES string of the molecule is C=CC[C@H](CCC(F)(F)F)N[S+]([O-])C(C)(C)C. The Morgan fingerprint density at radius 1 is 1.35 bits per heavy atom. The largest absolute Gasteiger partial charge is 0.598 e. The van der Waals surface area contributed by atoms with Crippen LogP contribution in [-0.2, 0) is 11.4 Å². The van der Waals surface area contributed by atoms with Crippen molar-refractivity contribution < 1.29 is 17.7 Å². The van der Waals surface area contributed by atoms with E-state index in [1.54, 1.807) is 20.8 Å². The first-order valence-electron chi connectivity index (χ1n) is 5.42. The molecule has 17 heavy (non-hydrogen) atoms. The number of hydrogen-bond donors (Lipinski definition) is 1. The summed E-state index contributed by atoms with van der Waals surface area (Å²) in [5.74, 6) is 0. The molecule has 0 aliphatic heterocycles. The van der Waals surface area contributed by atoms with Gasteiger partial charge in [-0.15, -0.1) is 11.3 Å². The minimum absolute atomic E-state index is 0.0860. The van der Waals surface area contributed by atoms with Crippen molar-refractivity contribution in [2.45, 2.75) is 57.0 Å². The number of hydrogen-bond acceptors (Lipinski definition) is 2. The van der Waals surface area contributed by atoms with Crippen LogP contribution >= 0.6 is 0 Å². The van der Waals surface area contributed by atoms with Crippen molar-refractivity contribution in [2.75, 3.05) is 0 Å². The maximum atomic E-state index is 12.1. The van der Waals surface area contributed by atoms with Crippen LogP contribution in [0.5, 0.6) is 0 Å². The highest BCUT2D eigenvalue weighted by Gasteiger charge is 2.32. The van der Waals surface area contributed by atoms with Crippen LogP contribution in [0.15, 0.2) is 12.7 Å². The fourth-order valence-corrected chi connectivity index (χ4v) is 1.96. The molecule has 0 spiro atoms. The molecular weight excluding hydrogens is 251 g/mol. The van der Waals surface area contributed by atoms with Gasteiger partial charge in [0.05, 0.1) is 6.04 Å². The van der Waals surface area contributed by atoms with E-state index in [9.17, 15) is 17.7 Å². The van der Waals surface area contributed by atoms with Gasteiger partial charge in [0.25, 0.3) is 0 Å². The van der Waals surface area contributed by atoms with E-state index in [-0.39, 0.29) is 6.42 Å². The molecule has 0 aromatic heterocycles. The molecule has 0 rings (SSSR count). The third kappa shape index (κ3) is 8.51. The molecule has 0 aromatic carbocycles. The Labute approximate surface area is 104 Å². The van der Waals surface area contributed by atoms with Gasteiger partial charge in [-0.3, -0.25) is 0 Å². The number of rotatable bonds is 6. The molecular formula is C11H20F3NOS. The zero-order chi connectivity index (χ0) is 13.7. The highest BCUT2D eigenvalue weighted by molar-refractivity contribution is 7.90. The molecule has 2 atom stereocenters. The monoisotopic (exact) mass is 271 g/mol. The van der Waals surface area contributed by atoms with E-state index in [2.05, 4.69) is 11.3 Å². The highest BCUT2D eigenvalue weighted by Crippen LogP contribution is 2.24. The smallest absolute Gasteiger partial charge is 0.389 e. The van der Waals surface area contributed by atoms with E-state index in [4.69, 9.17) is 0 Å². The molecule has 0 radical (unpaired) electrons. The minimum atomic E-state index is -4.18. The lowest BCUT2D eigenvalue weighted by Crippen LogP contribution is -2.44. The third-order valence-corrected chi connectivity index (χ3v) is 3.72. The fraction of sp³-hybridized carbons (Fsp3) is 0.818. The Morgan fingerprint density at radius 2 is 1.88 bits per heavy atom. The first-order valence-corrected chi connectivity index (χ1v) is 6.57. The summed E-state index contributed by atoms with van der Waals surface area (Å²) in [6.07, 6.45) is -3.23. The van der Waals surface area contributed by atoms with Crippen LogP contribution in [0.2, 0.25) is 0 Å². The summed E-state index contributed by atoms with van der Waals surface area (Å²) in [6, 6.07) is -0.450. The van der Waals surface area contributed by atoms with Crippen molar-refractivity contribution in [1.29, 1.82) is 0 Å². The van der Waals surface area contributed by atoms with Crippen LogP contribution in [0, 0.1) is 0 Å². The molecule has 0 saturated heterocycles. The molecule has 6 heteroatoms. The van der Waals surface area contributed by atoms with Crippen molar-refractivity contribution in [3.63, 3.8) is 0 Å². The van der Waals surface area contributed by atoms with E-state index < -0.39 is 34.7 Å². The first kappa shape index (κ1) is 16.8. The standard InChI is InChI=1S/C11H20F3NOS/c1-5-6-9(7-8-11(12,13)14)15-17(16)10(2,3)4/h5,9,15H,1,6-8H2,2-4H3/t9-,17?/m1/s1. The molecule has 1 N–H and O–H groups in total. The summed E-state index contributed by atoms with van der Waals surface area (Å²) in [7, 11) is 0. The fourth-order valence-electron chi connectivity index (χ4n) is 1.09. The Hall–Kier alpha value is -0.200. The summed E-state index contributed by atoms with van der Waals surface area (Å²) in [5.41, 5.74) is 0. The molecule has 2 nitrogen and oxygen atoms in total. The maximum Gasteiger partial charge on any atom is 0.389 e. The maximum absolute atomic E-state index is 12.1. The number of halogens is 3. The van der Waals surface area contributed by atoms with Crippen molar-refractivity contribution in [1.82, 2.24) is 4.72 Å². The summed E-state index contributed by atoms with van der Waals surface area (Å²) in [4.78, 5) is 0. The van der Waals surface area contributed by atoms with Gasteiger partial charge in [0, 0.05) is 17.8 Å². The Kier molecular flexibility index (Phi) is 6.58. The van der Waals surface area contributed by atoms with E-state index >= 15 is 0 Å². The molecule has 102 valence electrons. The zero-order valence-electron chi connectivity index (χ0n) is 10.4. The first-order chi connectivity index (χ1) is 7.56. The van der Waals surface area contributed by atoms with Crippen LogP contribution in [0.25, 0.3) is 0 Å². The lowest BCUT2D eigenvalue weighted by atomic mass is 10.1. The lowest BCUT2D eigenvalue weighted by Gasteiger charge is -2.27. The molecule has 0 heterocycles. The van der Waals surface area contributed by atoms with Crippen molar-refractivity contribution in [3.05, 3.63) is 12.7 Å². The van der Waals surface area contributed by atoms with E-state index in [0.29, 0.717) is 6.42 Å². The minimum Gasteiger partial charge on any atom is -0.598 e. The van der Waals surface area contributed by atoms with Gasteiger partial charge >= 0.3 is 6.18 Å². The quantitative estimate of drug-likeness (QED) is 0.594. The summed E-state index contributed by atoms with van der Waals surface area (Å²) in [5, 5.41) is 0. The molecule has 0 saturated carbocycles. The van der Waals surface area contributed by atoms with Crippen LogP contribution in [0.4, 0.5) is 13.2 Å². The predicted molar refractivity (Wildman–Crippen MR) is 64.9 cm³/mol. The summed E-state index contributed by atoms with van der Waals surface area (Å²) in [6.45, 7) is 8.80. The Morgan fingerprint density at radius 3 is 2.24 bits per heavy atom. The number of alkyl halides is 3. The number of nitrogens with one attached hydrogen (secondary N) is 1. The Bertz CT molecular complexity index is 238. The third-order valence-electron chi connectivity index (χ3n) is 2.06. The topological polar surface area (TPSA) is 35.1 Å². The average Bonchev–Trinajstić information content (AvgIpc) is 2.11. The van der Waals surface area contributed by atoms with E-state index in [1.807, 2.05) is 0 Å².